The highest BCUT2D eigenvalue weighted by Gasteiger charge is 2.23. The highest BCUT2D eigenvalue weighted by atomic mass is 32.2. The highest BCUT2D eigenvalue weighted by molar-refractivity contribution is 8.01. The van der Waals surface area contributed by atoms with Crippen molar-refractivity contribution >= 4 is 39.5 Å². The molecule has 4 rings (SSSR count). The number of hydrogen-bond donors (Lipinski definition) is 0. The zero-order chi connectivity index (χ0) is 13.4. The molecule has 0 N–H and O–H groups in total. The van der Waals surface area contributed by atoms with Gasteiger partial charge in [-0.25, -0.2) is 4.98 Å². The van der Waals surface area contributed by atoms with E-state index in [0.29, 0.717) is 11.3 Å². The van der Waals surface area contributed by atoms with Crippen LogP contribution in [0.5, 0.6) is 0 Å². The molecule has 0 saturated heterocycles. The van der Waals surface area contributed by atoms with Crippen molar-refractivity contribution in [2.45, 2.75) is 28.5 Å². The van der Waals surface area contributed by atoms with Crippen LogP contribution in [-0.2, 0) is 0 Å². The molecule has 2 heterocycles. The van der Waals surface area contributed by atoms with Crippen LogP contribution < -0.4 is 0 Å². The number of hydrogen-bond acceptors (Lipinski definition) is 4. The molecule has 2 atom stereocenters. The quantitative estimate of drug-likeness (QED) is 0.816. The van der Waals surface area contributed by atoms with E-state index in [1.165, 1.54) is 21.0 Å². The summed E-state index contributed by atoms with van der Waals surface area (Å²) in [5.74, 6) is 0. The fraction of sp³-hybridized carbons (Fsp3) is 0.250. The molecule has 0 amide bonds. The second-order valence-corrected chi connectivity index (χ2v) is 7.54. The first-order valence-corrected chi connectivity index (χ1v) is 8.52. The number of dihydropyridines is 1. The maximum absolute atomic E-state index is 4.72. The molecule has 1 aliphatic carbocycles. The zero-order valence-electron chi connectivity index (χ0n) is 10.9. The highest BCUT2D eigenvalue weighted by Crippen LogP contribution is 2.37. The van der Waals surface area contributed by atoms with Gasteiger partial charge in [0.1, 0.15) is 0 Å². The number of nitrogens with zero attached hydrogens (tertiary/aromatic N) is 2. The molecule has 2 nitrogen and oxygen atoms in total. The molecule has 0 radical (unpaired) electrons. The maximum Gasteiger partial charge on any atom is 0.151 e. The van der Waals surface area contributed by atoms with E-state index in [1.54, 1.807) is 11.3 Å². The Balaban J connectivity index is 1.57. The number of aromatic nitrogens is 1. The van der Waals surface area contributed by atoms with Crippen molar-refractivity contribution in [3.8, 4) is 0 Å². The van der Waals surface area contributed by atoms with Gasteiger partial charge in [0.25, 0.3) is 0 Å². The molecule has 2 aromatic rings. The maximum atomic E-state index is 4.72. The summed E-state index contributed by atoms with van der Waals surface area (Å²) in [5.41, 5.74) is 2.49. The van der Waals surface area contributed by atoms with Gasteiger partial charge in [0.2, 0.25) is 0 Å². The number of para-hydroxylation sites is 1. The molecule has 2 aliphatic rings. The average Bonchev–Trinajstić information content (AvgIpc) is 2.89. The zero-order valence-corrected chi connectivity index (χ0v) is 12.5. The van der Waals surface area contributed by atoms with Gasteiger partial charge in [0.15, 0.2) is 4.34 Å². The second kappa shape index (κ2) is 5.19. The van der Waals surface area contributed by atoms with E-state index in [4.69, 9.17) is 4.98 Å². The number of thioether (sulfide) groups is 1. The molecule has 1 aromatic carbocycles. The van der Waals surface area contributed by atoms with Crippen LogP contribution in [0.3, 0.4) is 0 Å². The van der Waals surface area contributed by atoms with Crippen LogP contribution in [0.1, 0.15) is 12.8 Å². The topological polar surface area (TPSA) is 25.2 Å². The molecular formula is C16H14N2S2. The number of fused-ring (bicyclic) bond motifs is 2. The van der Waals surface area contributed by atoms with E-state index < -0.39 is 0 Å². The van der Waals surface area contributed by atoms with Crippen molar-refractivity contribution in [1.29, 1.82) is 0 Å². The fourth-order valence-corrected chi connectivity index (χ4v) is 5.08. The van der Waals surface area contributed by atoms with Crippen molar-refractivity contribution in [2.75, 3.05) is 0 Å². The first-order valence-electron chi connectivity index (χ1n) is 6.82. The van der Waals surface area contributed by atoms with Gasteiger partial charge < -0.3 is 0 Å². The summed E-state index contributed by atoms with van der Waals surface area (Å²) in [5, 5.41) is 0.528. The molecule has 0 spiro atoms. The van der Waals surface area contributed by atoms with Crippen LogP contribution in [0.2, 0.25) is 0 Å². The van der Waals surface area contributed by atoms with E-state index in [1.807, 2.05) is 24.1 Å². The molecule has 0 bridgehead atoms. The number of thiazole rings is 1. The SMILES string of the molecule is C1=CC2=CC(Sc3nc4ccccc4s3)CCC2N=C1. The van der Waals surface area contributed by atoms with Crippen LogP contribution >= 0.6 is 23.1 Å². The lowest BCUT2D eigenvalue weighted by Crippen LogP contribution is -2.19. The summed E-state index contributed by atoms with van der Waals surface area (Å²) in [4.78, 5) is 9.24. The summed E-state index contributed by atoms with van der Waals surface area (Å²) in [6.07, 6.45) is 10.9. The molecule has 2 unspecified atom stereocenters. The minimum Gasteiger partial charge on any atom is -0.285 e. The lowest BCUT2D eigenvalue weighted by molar-refractivity contribution is 0.634. The van der Waals surface area contributed by atoms with Gasteiger partial charge in [-0.05, 0) is 36.6 Å². The Hall–Kier alpha value is -1.39. The van der Waals surface area contributed by atoms with Crippen molar-refractivity contribution in [3.05, 3.63) is 48.1 Å². The Morgan fingerprint density at radius 1 is 1.20 bits per heavy atom. The summed E-state index contributed by atoms with van der Waals surface area (Å²) >= 11 is 3.69. The molecule has 1 aromatic heterocycles. The molecule has 4 heteroatoms. The Morgan fingerprint density at radius 2 is 2.15 bits per heavy atom. The molecule has 0 saturated carbocycles. The van der Waals surface area contributed by atoms with E-state index in [-0.39, 0.29) is 0 Å². The van der Waals surface area contributed by atoms with Gasteiger partial charge in [-0.15, -0.1) is 11.3 Å². The van der Waals surface area contributed by atoms with Crippen LogP contribution in [0.15, 0.2) is 57.4 Å². The molecule has 0 fully saturated rings. The smallest absolute Gasteiger partial charge is 0.151 e. The summed E-state index contributed by atoms with van der Waals surface area (Å²) in [6.45, 7) is 0. The van der Waals surface area contributed by atoms with Crippen LogP contribution in [0.25, 0.3) is 10.2 Å². The Bertz CT molecular complexity index is 694. The van der Waals surface area contributed by atoms with Crippen molar-refractivity contribution in [3.63, 3.8) is 0 Å². The number of benzene rings is 1. The summed E-state index contributed by atoms with van der Waals surface area (Å²) in [6, 6.07) is 8.75. The van der Waals surface area contributed by atoms with Crippen molar-refractivity contribution < 1.29 is 0 Å². The fourth-order valence-electron chi connectivity index (χ4n) is 2.66. The van der Waals surface area contributed by atoms with Crippen molar-refractivity contribution in [2.24, 2.45) is 4.99 Å². The monoisotopic (exact) mass is 298 g/mol. The third-order valence-corrected chi connectivity index (χ3v) is 5.99. The minimum absolute atomic E-state index is 0.396. The molecule has 20 heavy (non-hydrogen) atoms. The third-order valence-electron chi connectivity index (χ3n) is 3.65. The van der Waals surface area contributed by atoms with Crippen LogP contribution in [0, 0.1) is 0 Å². The lowest BCUT2D eigenvalue weighted by atomic mass is 9.93. The standard InChI is InChI=1S/C16H14N2S2/c1-2-6-15-14(5-1)18-16(20-15)19-12-7-8-13-11(10-12)4-3-9-17-13/h1-6,9-10,12-13H,7-8H2. The van der Waals surface area contributed by atoms with E-state index >= 15 is 0 Å². The van der Waals surface area contributed by atoms with Gasteiger partial charge in [-0.3, -0.25) is 4.99 Å². The number of aliphatic imine (C=N–C) groups is 1. The largest absolute Gasteiger partial charge is 0.285 e. The van der Waals surface area contributed by atoms with Gasteiger partial charge in [0.05, 0.1) is 16.3 Å². The van der Waals surface area contributed by atoms with Crippen LogP contribution in [0.4, 0.5) is 0 Å². The predicted octanol–water partition coefficient (Wildman–Crippen LogP) is 4.49. The Kier molecular flexibility index (Phi) is 3.20. The van der Waals surface area contributed by atoms with Gasteiger partial charge >= 0.3 is 0 Å². The lowest BCUT2D eigenvalue weighted by Gasteiger charge is -2.25. The van der Waals surface area contributed by atoms with Gasteiger partial charge in [-0.2, -0.15) is 0 Å². The first kappa shape index (κ1) is 12.4. The summed E-state index contributed by atoms with van der Waals surface area (Å²) in [7, 11) is 0. The Morgan fingerprint density at radius 3 is 3.10 bits per heavy atom. The number of rotatable bonds is 2. The molecule has 1 aliphatic heterocycles. The van der Waals surface area contributed by atoms with E-state index in [9.17, 15) is 0 Å². The average molecular weight is 298 g/mol. The van der Waals surface area contributed by atoms with Crippen LogP contribution in [-0.4, -0.2) is 22.5 Å². The van der Waals surface area contributed by atoms with Gasteiger partial charge in [-0.1, -0.05) is 36.0 Å². The molecule has 100 valence electrons. The normalized spacial score (nSPS) is 24.7. The Labute approximate surface area is 126 Å². The van der Waals surface area contributed by atoms with Gasteiger partial charge in [0, 0.05) is 11.5 Å². The second-order valence-electron chi connectivity index (χ2n) is 5.02. The third kappa shape index (κ3) is 2.34. The first-order chi connectivity index (χ1) is 9.88. The predicted molar refractivity (Wildman–Crippen MR) is 88.0 cm³/mol. The van der Waals surface area contributed by atoms with Crippen molar-refractivity contribution in [1.82, 2.24) is 4.98 Å². The van der Waals surface area contributed by atoms with E-state index in [0.717, 1.165) is 11.9 Å². The summed E-state index contributed by atoms with van der Waals surface area (Å²) < 4.78 is 2.45. The number of allylic oxidation sites excluding steroid dienone is 1. The molecular weight excluding hydrogens is 284 g/mol. The van der Waals surface area contributed by atoms with E-state index in [2.05, 4.69) is 41.4 Å². The minimum atomic E-state index is 0.396.